The number of halogens is 3. The highest BCUT2D eigenvalue weighted by atomic mass is 19.4. The molecule has 5 nitrogen and oxygen atoms in total. The van der Waals surface area contributed by atoms with E-state index < -0.39 is 42.4 Å². The highest BCUT2D eigenvalue weighted by molar-refractivity contribution is 6.06. The molecule has 1 atom stereocenters. The van der Waals surface area contributed by atoms with Crippen LogP contribution in [0.5, 0.6) is 0 Å². The molecule has 1 unspecified atom stereocenters. The molecular formula is C15H13F3N2O3. The van der Waals surface area contributed by atoms with Gasteiger partial charge in [-0.3, -0.25) is 9.59 Å². The predicted octanol–water partition coefficient (Wildman–Crippen LogP) is 2.54. The summed E-state index contributed by atoms with van der Waals surface area (Å²) in [5.74, 6) is -2.94. The Hall–Kier alpha value is -2.69. The lowest BCUT2D eigenvalue weighted by Crippen LogP contribution is -2.26. The van der Waals surface area contributed by atoms with Crippen LogP contribution < -0.4 is 0 Å². The standard InChI is InChI=1S/C15H13F3N2O3/c1-9(20)12(7-19)13(21)8-23-14(22)6-10-3-2-4-11(5-10)15(16,17)18/h2-5,12,20H,6,8H2,1H3. The lowest BCUT2D eigenvalue weighted by Gasteiger charge is -2.09. The number of rotatable bonds is 6. The van der Waals surface area contributed by atoms with Crippen LogP contribution in [-0.4, -0.2) is 24.1 Å². The van der Waals surface area contributed by atoms with Crippen molar-refractivity contribution in [2.24, 2.45) is 5.92 Å². The first kappa shape index (κ1) is 18.4. The van der Waals surface area contributed by atoms with Crippen molar-refractivity contribution in [3.63, 3.8) is 0 Å². The van der Waals surface area contributed by atoms with Crippen LogP contribution in [-0.2, 0) is 26.9 Å². The van der Waals surface area contributed by atoms with E-state index in [1.54, 1.807) is 6.07 Å². The average molecular weight is 326 g/mol. The lowest BCUT2D eigenvalue weighted by molar-refractivity contribution is -0.147. The Morgan fingerprint density at radius 2 is 2.04 bits per heavy atom. The van der Waals surface area contributed by atoms with Gasteiger partial charge in [-0.2, -0.15) is 18.4 Å². The van der Waals surface area contributed by atoms with Crippen LogP contribution in [0.25, 0.3) is 0 Å². The van der Waals surface area contributed by atoms with E-state index in [2.05, 4.69) is 4.74 Å². The molecule has 0 radical (unpaired) electrons. The summed E-state index contributed by atoms with van der Waals surface area (Å²) in [6, 6.07) is 5.81. The SMILES string of the molecule is CC(=N)C(C#N)C(=O)COC(=O)Cc1cccc(C(F)(F)F)c1. The Morgan fingerprint density at radius 1 is 1.39 bits per heavy atom. The zero-order valence-electron chi connectivity index (χ0n) is 12.1. The van der Waals surface area contributed by atoms with E-state index in [9.17, 15) is 22.8 Å². The topological polar surface area (TPSA) is 91.0 Å². The van der Waals surface area contributed by atoms with Crippen molar-refractivity contribution in [3.05, 3.63) is 35.4 Å². The fraction of sp³-hybridized carbons (Fsp3) is 0.333. The molecule has 0 aliphatic carbocycles. The Kier molecular flexibility index (Phi) is 6.02. The minimum absolute atomic E-state index is 0.0948. The fourth-order valence-corrected chi connectivity index (χ4v) is 1.72. The highest BCUT2D eigenvalue weighted by Gasteiger charge is 2.30. The summed E-state index contributed by atoms with van der Waals surface area (Å²) in [4.78, 5) is 23.1. The van der Waals surface area contributed by atoms with E-state index in [1.165, 1.54) is 19.1 Å². The number of Topliss-reactive ketones (excluding diaryl/α,β-unsaturated/α-hetero) is 1. The van der Waals surface area contributed by atoms with Crippen LogP contribution in [0.3, 0.4) is 0 Å². The first-order valence-electron chi connectivity index (χ1n) is 6.44. The lowest BCUT2D eigenvalue weighted by atomic mass is 10.0. The first-order chi connectivity index (χ1) is 10.6. The van der Waals surface area contributed by atoms with Crippen LogP contribution >= 0.6 is 0 Å². The van der Waals surface area contributed by atoms with Crippen molar-refractivity contribution in [3.8, 4) is 6.07 Å². The van der Waals surface area contributed by atoms with Gasteiger partial charge in [0, 0.05) is 5.71 Å². The molecule has 122 valence electrons. The number of hydrogen-bond acceptors (Lipinski definition) is 5. The molecule has 8 heteroatoms. The smallest absolute Gasteiger partial charge is 0.416 e. The third-order valence-electron chi connectivity index (χ3n) is 2.86. The van der Waals surface area contributed by atoms with E-state index in [0.717, 1.165) is 12.1 Å². The van der Waals surface area contributed by atoms with Gasteiger partial charge in [0.15, 0.2) is 12.4 Å². The number of carbonyl (C=O) groups excluding carboxylic acids is 2. The molecule has 1 rings (SSSR count). The van der Waals surface area contributed by atoms with Crippen molar-refractivity contribution < 1.29 is 27.5 Å². The number of nitriles is 1. The number of esters is 1. The molecule has 0 amide bonds. The van der Waals surface area contributed by atoms with Gasteiger partial charge in [0.25, 0.3) is 0 Å². The normalized spacial score (nSPS) is 12.1. The number of alkyl halides is 3. The first-order valence-corrected chi connectivity index (χ1v) is 6.44. The molecule has 0 aliphatic heterocycles. The maximum atomic E-state index is 12.6. The molecule has 1 N–H and O–H groups in total. The van der Waals surface area contributed by atoms with E-state index in [-0.39, 0.29) is 11.3 Å². The monoisotopic (exact) mass is 326 g/mol. The second-order valence-electron chi connectivity index (χ2n) is 4.75. The molecule has 1 aromatic carbocycles. The summed E-state index contributed by atoms with van der Waals surface area (Å²) in [5, 5.41) is 16.0. The minimum Gasteiger partial charge on any atom is -0.457 e. The Balaban J connectivity index is 2.63. The highest BCUT2D eigenvalue weighted by Crippen LogP contribution is 2.29. The zero-order valence-corrected chi connectivity index (χ0v) is 12.1. The van der Waals surface area contributed by atoms with Crippen molar-refractivity contribution >= 4 is 17.5 Å². The van der Waals surface area contributed by atoms with E-state index in [1.807, 2.05) is 0 Å². The van der Waals surface area contributed by atoms with Gasteiger partial charge in [-0.25, -0.2) is 0 Å². The van der Waals surface area contributed by atoms with Crippen molar-refractivity contribution in [1.29, 1.82) is 10.7 Å². The molecule has 0 aromatic heterocycles. The average Bonchev–Trinajstić information content (AvgIpc) is 2.45. The number of nitrogens with one attached hydrogen (secondary N) is 1. The van der Waals surface area contributed by atoms with Crippen LogP contribution in [0.4, 0.5) is 13.2 Å². The molecule has 0 spiro atoms. The van der Waals surface area contributed by atoms with Gasteiger partial charge in [-0.15, -0.1) is 0 Å². The van der Waals surface area contributed by atoms with Crippen LogP contribution in [0.2, 0.25) is 0 Å². The summed E-state index contributed by atoms with van der Waals surface area (Å²) in [5.41, 5.74) is -0.966. The van der Waals surface area contributed by atoms with Crippen molar-refractivity contribution in [2.75, 3.05) is 6.61 Å². The molecule has 0 fully saturated rings. The van der Waals surface area contributed by atoms with Gasteiger partial charge in [-0.1, -0.05) is 18.2 Å². The van der Waals surface area contributed by atoms with Gasteiger partial charge in [-0.05, 0) is 18.6 Å². The van der Waals surface area contributed by atoms with Gasteiger partial charge >= 0.3 is 12.1 Å². The second-order valence-corrected chi connectivity index (χ2v) is 4.75. The summed E-state index contributed by atoms with van der Waals surface area (Å²) in [6.07, 6.45) is -4.95. The molecule has 0 saturated heterocycles. The molecule has 0 aliphatic rings. The number of carbonyl (C=O) groups is 2. The Bertz CT molecular complexity index is 663. The number of nitrogens with zero attached hydrogens (tertiary/aromatic N) is 1. The third-order valence-corrected chi connectivity index (χ3v) is 2.86. The zero-order chi connectivity index (χ0) is 17.6. The third kappa shape index (κ3) is 5.54. The van der Waals surface area contributed by atoms with E-state index in [0.29, 0.717) is 0 Å². The molecular weight excluding hydrogens is 313 g/mol. The molecule has 0 bridgehead atoms. The van der Waals surface area contributed by atoms with E-state index >= 15 is 0 Å². The second kappa shape index (κ2) is 7.54. The maximum Gasteiger partial charge on any atom is 0.416 e. The van der Waals surface area contributed by atoms with Crippen LogP contribution in [0.15, 0.2) is 24.3 Å². The Labute approximate surface area is 130 Å². The summed E-state index contributed by atoms with van der Waals surface area (Å²) >= 11 is 0. The van der Waals surface area contributed by atoms with Gasteiger partial charge in [0.1, 0.15) is 5.92 Å². The largest absolute Gasteiger partial charge is 0.457 e. The number of hydrogen-bond donors (Lipinski definition) is 1. The fourth-order valence-electron chi connectivity index (χ4n) is 1.72. The Morgan fingerprint density at radius 3 is 2.57 bits per heavy atom. The van der Waals surface area contributed by atoms with Crippen LogP contribution in [0, 0.1) is 22.7 Å². The molecule has 0 heterocycles. The minimum atomic E-state index is -4.52. The van der Waals surface area contributed by atoms with Gasteiger partial charge < -0.3 is 10.1 Å². The molecule has 23 heavy (non-hydrogen) atoms. The molecule has 0 saturated carbocycles. The quantitative estimate of drug-likeness (QED) is 0.642. The number of benzene rings is 1. The summed E-state index contributed by atoms with van der Waals surface area (Å²) in [7, 11) is 0. The van der Waals surface area contributed by atoms with Crippen LogP contribution in [0.1, 0.15) is 18.1 Å². The summed E-state index contributed by atoms with van der Waals surface area (Å²) in [6.45, 7) is 0.572. The maximum absolute atomic E-state index is 12.6. The predicted molar refractivity (Wildman–Crippen MR) is 73.6 cm³/mol. The number of ketones is 1. The molecule has 1 aromatic rings. The van der Waals surface area contributed by atoms with E-state index in [4.69, 9.17) is 10.7 Å². The van der Waals surface area contributed by atoms with Crippen molar-refractivity contribution in [1.82, 2.24) is 0 Å². The van der Waals surface area contributed by atoms with Crippen molar-refractivity contribution in [2.45, 2.75) is 19.5 Å². The van der Waals surface area contributed by atoms with Gasteiger partial charge in [0.2, 0.25) is 0 Å². The van der Waals surface area contributed by atoms with Gasteiger partial charge in [0.05, 0.1) is 18.1 Å². The number of ether oxygens (including phenoxy) is 1. The summed E-state index contributed by atoms with van der Waals surface area (Å²) < 4.78 is 42.3.